The van der Waals surface area contributed by atoms with E-state index < -0.39 is 11.9 Å². The SMILES string of the molecule is CC(=O)[N+](C)=CC1CCC(CC(C)(C)NC[C@H](O)c2cncc(F)c2)CC1. The van der Waals surface area contributed by atoms with Gasteiger partial charge in [-0.15, -0.1) is 0 Å². The lowest BCUT2D eigenvalue weighted by atomic mass is 9.77. The molecule has 150 valence electrons. The summed E-state index contributed by atoms with van der Waals surface area (Å²) in [6.45, 7) is 6.24. The quantitative estimate of drug-likeness (QED) is 0.565. The number of aliphatic hydroxyl groups excluding tert-OH is 1. The van der Waals surface area contributed by atoms with Crippen LogP contribution in [0.2, 0.25) is 0 Å². The average Bonchev–Trinajstić information content (AvgIpc) is 2.61. The van der Waals surface area contributed by atoms with Crippen LogP contribution in [0.15, 0.2) is 18.5 Å². The Balaban J connectivity index is 1.79. The molecule has 0 saturated heterocycles. The number of rotatable bonds is 7. The summed E-state index contributed by atoms with van der Waals surface area (Å²) >= 11 is 0. The molecule has 1 heterocycles. The van der Waals surface area contributed by atoms with Crippen LogP contribution in [0.1, 0.15) is 64.5 Å². The fourth-order valence-electron chi connectivity index (χ4n) is 3.86. The van der Waals surface area contributed by atoms with Gasteiger partial charge in [-0.2, -0.15) is 4.58 Å². The topological polar surface area (TPSA) is 65.2 Å². The Hall–Kier alpha value is -1.66. The molecule has 0 spiro atoms. The molecule has 0 unspecified atom stereocenters. The number of aliphatic hydroxyl groups is 1. The molecular formula is C21H33FN3O2+. The Bertz CT molecular complexity index is 667. The van der Waals surface area contributed by atoms with Gasteiger partial charge in [0.15, 0.2) is 6.21 Å². The van der Waals surface area contributed by atoms with Crippen molar-refractivity contribution in [2.45, 2.75) is 64.5 Å². The highest BCUT2D eigenvalue weighted by Gasteiger charge is 2.28. The Morgan fingerprint density at radius 1 is 1.41 bits per heavy atom. The Morgan fingerprint density at radius 2 is 2.07 bits per heavy atom. The standard InChI is InChI=1S/C21H33FN3O2/c1-15(26)25(4)14-17-7-5-16(6-8-17)10-21(2,3)24-13-20(27)18-9-19(22)12-23-11-18/h9,11-12,14,16-17,20,24,27H,5-8,10,13H2,1-4H3/q+1/t16?,17?,20-/m0/s1. The fraction of sp³-hybridized carbons (Fsp3) is 0.667. The molecule has 1 fully saturated rings. The van der Waals surface area contributed by atoms with Gasteiger partial charge in [0.2, 0.25) is 0 Å². The van der Waals surface area contributed by atoms with Gasteiger partial charge in [-0.05, 0) is 57.9 Å². The highest BCUT2D eigenvalue weighted by molar-refractivity contribution is 5.70. The van der Waals surface area contributed by atoms with E-state index in [0.717, 1.165) is 38.3 Å². The summed E-state index contributed by atoms with van der Waals surface area (Å²) in [6, 6.07) is 1.32. The van der Waals surface area contributed by atoms with Crippen molar-refractivity contribution in [1.82, 2.24) is 10.3 Å². The summed E-state index contributed by atoms with van der Waals surface area (Å²) in [5.41, 5.74) is 0.378. The highest BCUT2D eigenvalue weighted by atomic mass is 19.1. The van der Waals surface area contributed by atoms with Crippen LogP contribution in [0.3, 0.4) is 0 Å². The Kier molecular flexibility index (Phi) is 7.62. The van der Waals surface area contributed by atoms with Crippen molar-refractivity contribution in [2.75, 3.05) is 13.6 Å². The number of amides is 1. The van der Waals surface area contributed by atoms with Gasteiger partial charge < -0.3 is 10.4 Å². The van der Waals surface area contributed by atoms with Crippen LogP contribution in [0.5, 0.6) is 0 Å². The number of halogens is 1. The molecular weight excluding hydrogens is 345 g/mol. The van der Waals surface area contributed by atoms with Crippen LogP contribution in [-0.2, 0) is 4.79 Å². The van der Waals surface area contributed by atoms with E-state index >= 15 is 0 Å². The third-order valence-electron chi connectivity index (χ3n) is 5.51. The van der Waals surface area contributed by atoms with Crippen LogP contribution >= 0.6 is 0 Å². The first kappa shape index (κ1) is 21.6. The number of hydrogen-bond acceptors (Lipinski definition) is 4. The van der Waals surface area contributed by atoms with E-state index in [-0.39, 0.29) is 11.4 Å². The number of carbonyl (C=O) groups is 1. The van der Waals surface area contributed by atoms with Crippen molar-refractivity contribution in [3.8, 4) is 0 Å². The zero-order chi connectivity index (χ0) is 20.0. The molecule has 1 aromatic heterocycles. The maximum absolute atomic E-state index is 13.2. The lowest BCUT2D eigenvalue weighted by molar-refractivity contribution is -0.414. The second-order valence-electron chi connectivity index (χ2n) is 8.48. The van der Waals surface area contributed by atoms with Crippen molar-refractivity contribution in [3.05, 3.63) is 29.8 Å². The minimum atomic E-state index is -0.778. The molecule has 0 radical (unpaired) electrons. The predicted octanol–water partition coefficient (Wildman–Crippen LogP) is 3.08. The molecule has 2 rings (SSSR count). The first-order valence-corrected chi connectivity index (χ1v) is 9.78. The van der Waals surface area contributed by atoms with Crippen molar-refractivity contribution in [2.24, 2.45) is 11.8 Å². The average molecular weight is 379 g/mol. The summed E-state index contributed by atoms with van der Waals surface area (Å²) in [7, 11) is 1.82. The van der Waals surface area contributed by atoms with Gasteiger partial charge in [0.05, 0.1) is 19.2 Å². The molecule has 27 heavy (non-hydrogen) atoms. The molecule has 1 saturated carbocycles. The molecule has 1 aliphatic rings. The van der Waals surface area contributed by atoms with E-state index in [1.165, 1.54) is 12.3 Å². The van der Waals surface area contributed by atoms with Gasteiger partial charge >= 0.3 is 5.91 Å². The largest absolute Gasteiger partial charge is 0.387 e. The van der Waals surface area contributed by atoms with Gasteiger partial charge in [0.25, 0.3) is 0 Å². The first-order chi connectivity index (χ1) is 12.7. The molecule has 1 amide bonds. The Morgan fingerprint density at radius 3 is 2.67 bits per heavy atom. The van der Waals surface area contributed by atoms with E-state index in [9.17, 15) is 14.3 Å². The maximum Gasteiger partial charge on any atom is 0.383 e. The van der Waals surface area contributed by atoms with Crippen LogP contribution < -0.4 is 5.32 Å². The fourth-order valence-corrected chi connectivity index (χ4v) is 3.86. The monoisotopic (exact) mass is 378 g/mol. The van der Waals surface area contributed by atoms with Gasteiger partial charge in [0, 0.05) is 29.8 Å². The zero-order valence-corrected chi connectivity index (χ0v) is 16.9. The lowest BCUT2D eigenvalue weighted by Crippen LogP contribution is -2.43. The van der Waals surface area contributed by atoms with Crippen molar-refractivity contribution < 1.29 is 18.9 Å². The molecule has 0 aliphatic heterocycles. The van der Waals surface area contributed by atoms with Gasteiger partial charge in [-0.25, -0.2) is 9.18 Å². The molecule has 1 atom stereocenters. The van der Waals surface area contributed by atoms with Gasteiger partial charge in [0.1, 0.15) is 12.9 Å². The van der Waals surface area contributed by atoms with E-state index in [1.54, 1.807) is 11.5 Å². The first-order valence-electron chi connectivity index (χ1n) is 9.78. The molecule has 6 heteroatoms. The molecule has 0 bridgehead atoms. The van der Waals surface area contributed by atoms with E-state index in [2.05, 4.69) is 30.4 Å². The number of carbonyl (C=O) groups excluding carboxylic acids is 1. The summed E-state index contributed by atoms with van der Waals surface area (Å²) in [5, 5.41) is 13.7. The van der Waals surface area contributed by atoms with Gasteiger partial charge in [-0.1, -0.05) is 0 Å². The van der Waals surface area contributed by atoms with E-state index in [1.807, 2.05) is 7.05 Å². The van der Waals surface area contributed by atoms with Crippen molar-refractivity contribution in [1.29, 1.82) is 0 Å². The summed E-state index contributed by atoms with van der Waals surface area (Å²) < 4.78 is 14.9. The molecule has 0 aromatic carbocycles. The van der Waals surface area contributed by atoms with Crippen LogP contribution in [0.4, 0.5) is 4.39 Å². The highest BCUT2D eigenvalue weighted by Crippen LogP contribution is 2.33. The lowest BCUT2D eigenvalue weighted by Gasteiger charge is -2.34. The maximum atomic E-state index is 13.2. The number of aromatic nitrogens is 1. The summed E-state index contributed by atoms with van der Waals surface area (Å²) in [5.74, 6) is 0.755. The molecule has 5 nitrogen and oxygen atoms in total. The zero-order valence-electron chi connectivity index (χ0n) is 16.9. The van der Waals surface area contributed by atoms with Crippen LogP contribution in [0, 0.1) is 17.7 Å². The number of nitrogens with one attached hydrogen (secondary N) is 1. The predicted molar refractivity (Wildman–Crippen MR) is 104 cm³/mol. The molecule has 1 aromatic rings. The minimum Gasteiger partial charge on any atom is -0.387 e. The van der Waals surface area contributed by atoms with Gasteiger partial charge in [-0.3, -0.25) is 4.98 Å². The van der Waals surface area contributed by atoms with Crippen molar-refractivity contribution >= 4 is 12.1 Å². The Labute approximate surface area is 161 Å². The number of pyridine rings is 1. The number of hydrogen-bond donors (Lipinski definition) is 2. The minimum absolute atomic E-state index is 0.0783. The third-order valence-corrected chi connectivity index (χ3v) is 5.51. The van der Waals surface area contributed by atoms with E-state index in [4.69, 9.17) is 0 Å². The molecule has 2 N–H and O–H groups in total. The number of β-amino-alcohol motifs (C(OH)–C–C–N with tert-alkyl or cyclic N) is 1. The number of nitrogens with zero attached hydrogens (tertiary/aromatic N) is 2. The van der Waals surface area contributed by atoms with Crippen LogP contribution in [-0.4, -0.2) is 45.9 Å². The smallest absolute Gasteiger partial charge is 0.383 e. The summed E-state index contributed by atoms with van der Waals surface area (Å²) in [4.78, 5) is 15.2. The second-order valence-corrected chi connectivity index (χ2v) is 8.48. The molecule has 1 aliphatic carbocycles. The van der Waals surface area contributed by atoms with E-state index in [0.29, 0.717) is 23.9 Å². The summed E-state index contributed by atoms with van der Waals surface area (Å²) in [6.07, 6.45) is 9.45. The van der Waals surface area contributed by atoms with Crippen LogP contribution in [0.25, 0.3) is 0 Å². The second kappa shape index (κ2) is 9.51. The normalized spacial score (nSPS) is 22.5. The van der Waals surface area contributed by atoms with Crippen molar-refractivity contribution in [3.63, 3.8) is 0 Å². The third kappa shape index (κ3) is 7.11.